The number of halogens is 1. The molecule has 0 saturated heterocycles. The first-order valence-electron chi connectivity index (χ1n) is 7.43. The van der Waals surface area contributed by atoms with Crippen molar-refractivity contribution in [2.45, 2.75) is 33.0 Å². The molecule has 0 aliphatic carbocycles. The average molecular weight is 402 g/mol. The molecule has 0 bridgehead atoms. The number of aliphatic carboxylic acids is 1. The van der Waals surface area contributed by atoms with Crippen molar-refractivity contribution in [3.05, 3.63) is 34.3 Å². The number of hydrogen-bond acceptors (Lipinski definition) is 5. The maximum atomic E-state index is 11.6. The highest BCUT2D eigenvalue weighted by atomic mass is 79.9. The number of carboxylic acids is 1. The number of carbonyl (C=O) groups excluding carboxylic acids is 2. The highest BCUT2D eigenvalue weighted by molar-refractivity contribution is 9.10. The fourth-order valence-corrected chi connectivity index (χ4v) is 2.33. The number of benzene rings is 1. The van der Waals surface area contributed by atoms with Crippen LogP contribution in [-0.4, -0.2) is 36.0 Å². The molecule has 132 valence electrons. The number of hydrogen-bond donors (Lipinski definition) is 2. The zero-order valence-corrected chi connectivity index (χ0v) is 15.0. The van der Waals surface area contributed by atoms with Gasteiger partial charge in [0.25, 0.3) is 0 Å². The number of carbonyl (C=O) groups is 3. The largest absolute Gasteiger partial charge is 0.481 e. The van der Waals surface area contributed by atoms with Crippen molar-refractivity contribution in [3.63, 3.8) is 0 Å². The fraction of sp³-hybridized carbons (Fsp3) is 0.438. The third-order valence-corrected chi connectivity index (χ3v) is 3.57. The van der Waals surface area contributed by atoms with Gasteiger partial charge in [0.1, 0.15) is 0 Å². The summed E-state index contributed by atoms with van der Waals surface area (Å²) < 4.78 is 10.5. The quantitative estimate of drug-likeness (QED) is 0.512. The normalized spacial score (nSPS) is 12.8. The average Bonchev–Trinajstić information content (AvgIpc) is 2.50. The minimum Gasteiger partial charge on any atom is -0.481 e. The molecule has 24 heavy (non-hydrogen) atoms. The van der Waals surface area contributed by atoms with Gasteiger partial charge < -0.3 is 19.9 Å². The number of amides is 1. The molecule has 1 amide bonds. The van der Waals surface area contributed by atoms with E-state index in [4.69, 9.17) is 9.47 Å². The predicted octanol–water partition coefficient (Wildman–Crippen LogP) is 2.72. The summed E-state index contributed by atoms with van der Waals surface area (Å²) in [7, 11) is 0. The fourth-order valence-electron chi connectivity index (χ4n) is 1.89. The van der Waals surface area contributed by atoms with Crippen LogP contribution in [0.25, 0.3) is 0 Å². The lowest BCUT2D eigenvalue weighted by molar-refractivity contribution is -0.164. The molecule has 2 N–H and O–H groups in total. The summed E-state index contributed by atoms with van der Waals surface area (Å²) in [6, 6.07) is 7.28. The lowest BCUT2D eigenvalue weighted by atomic mass is 9.99. The van der Waals surface area contributed by atoms with Crippen molar-refractivity contribution in [1.29, 1.82) is 0 Å². The van der Waals surface area contributed by atoms with E-state index in [1.54, 1.807) is 6.92 Å². The number of alkyl carbamates (subject to hydrolysis) is 1. The van der Waals surface area contributed by atoms with Crippen molar-refractivity contribution in [2.24, 2.45) is 5.92 Å². The van der Waals surface area contributed by atoms with E-state index in [-0.39, 0.29) is 19.4 Å². The summed E-state index contributed by atoms with van der Waals surface area (Å²) in [5, 5.41) is 11.7. The van der Waals surface area contributed by atoms with E-state index in [0.717, 1.165) is 10.0 Å². The lowest BCUT2D eigenvalue weighted by Gasteiger charge is -2.16. The van der Waals surface area contributed by atoms with Crippen LogP contribution >= 0.6 is 15.9 Å². The van der Waals surface area contributed by atoms with Crippen LogP contribution in [0, 0.1) is 5.92 Å². The van der Waals surface area contributed by atoms with E-state index in [2.05, 4.69) is 21.2 Å². The Hall–Kier alpha value is -2.09. The maximum absolute atomic E-state index is 11.6. The first-order valence-corrected chi connectivity index (χ1v) is 8.22. The molecule has 1 rings (SSSR count). The van der Waals surface area contributed by atoms with E-state index in [1.165, 1.54) is 6.92 Å². The molecule has 0 spiro atoms. The molecule has 0 aliphatic rings. The van der Waals surface area contributed by atoms with Crippen LogP contribution in [0.15, 0.2) is 28.7 Å². The number of nitrogens with one attached hydrogen (secondary N) is 1. The second-order valence-electron chi connectivity index (χ2n) is 5.07. The van der Waals surface area contributed by atoms with Crippen LogP contribution < -0.4 is 5.32 Å². The van der Waals surface area contributed by atoms with Gasteiger partial charge in [0.05, 0.1) is 5.92 Å². The van der Waals surface area contributed by atoms with Crippen molar-refractivity contribution < 1.29 is 29.0 Å². The minimum atomic E-state index is -1.04. The first kappa shape index (κ1) is 20.0. The summed E-state index contributed by atoms with van der Waals surface area (Å²) in [6.07, 6.45) is -1.45. The van der Waals surface area contributed by atoms with E-state index in [1.807, 2.05) is 24.3 Å². The first-order chi connectivity index (χ1) is 11.3. The van der Waals surface area contributed by atoms with Crippen LogP contribution in [0.3, 0.4) is 0 Å². The Morgan fingerprint density at radius 1 is 1.29 bits per heavy atom. The van der Waals surface area contributed by atoms with Gasteiger partial charge in [0.15, 0.2) is 0 Å². The molecule has 0 saturated carbocycles. The molecule has 8 heteroatoms. The summed E-state index contributed by atoms with van der Waals surface area (Å²) in [4.78, 5) is 34.0. The summed E-state index contributed by atoms with van der Waals surface area (Å²) in [6.45, 7) is 2.92. The van der Waals surface area contributed by atoms with E-state index in [0.29, 0.717) is 0 Å². The summed E-state index contributed by atoms with van der Waals surface area (Å²) in [5.41, 5.74) is 0.831. The van der Waals surface area contributed by atoms with Crippen molar-refractivity contribution >= 4 is 34.0 Å². The predicted molar refractivity (Wildman–Crippen MR) is 89.3 cm³/mol. The van der Waals surface area contributed by atoms with E-state index >= 15 is 0 Å². The summed E-state index contributed by atoms with van der Waals surface area (Å²) in [5.74, 6) is -2.32. The van der Waals surface area contributed by atoms with Gasteiger partial charge in [-0.3, -0.25) is 9.59 Å². The molecule has 0 heterocycles. The Morgan fingerprint density at radius 2 is 2.00 bits per heavy atom. The Morgan fingerprint density at radius 3 is 2.58 bits per heavy atom. The van der Waals surface area contributed by atoms with Crippen LogP contribution in [0.1, 0.15) is 25.8 Å². The topological polar surface area (TPSA) is 102 Å². The number of rotatable bonds is 8. The molecule has 0 aromatic heterocycles. The molecule has 1 aromatic rings. The van der Waals surface area contributed by atoms with E-state index < -0.39 is 30.2 Å². The monoisotopic (exact) mass is 401 g/mol. The SMILES string of the molecule is CCC(=O)O[C@@H](C)OC(=O)NC[C@H](Cc1cccc(Br)c1)C(=O)O. The van der Waals surface area contributed by atoms with Crippen LogP contribution in [0.4, 0.5) is 4.79 Å². The molecule has 0 aliphatic heterocycles. The molecular formula is C16H20BrNO6. The summed E-state index contributed by atoms with van der Waals surface area (Å²) >= 11 is 3.33. The number of carboxylic acid groups (broad SMARTS) is 1. The van der Waals surface area contributed by atoms with Crippen LogP contribution in [0.5, 0.6) is 0 Å². The van der Waals surface area contributed by atoms with Gasteiger partial charge in [0, 0.05) is 24.4 Å². The zero-order valence-electron chi connectivity index (χ0n) is 13.5. The number of esters is 1. The van der Waals surface area contributed by atoms with Crippen LogP contribution in [0.2, 0.25) is 0 Å². The van der Waals surface area contributed by atoms with Gasteiger partial charge in [0.2, 0.25) is 6.29 Å². The molecule has 0 fully saturated rings. The highest BCUT2D eigenvalue weighted by Crippen LogP contribution is 2.15. The van der Waals surface area contributed by atoms with Crippen molar-refractivity contribution in [2.75, 3.05) is 6.54 Å². The van der Waals surface area contributed by atoms with E-state index in [9.17, 15) is 19.5 Å². The van der Waals surface area contributed by atoms with Crippen molar-refractivity contribution in [1.82, 2.24) is 5.32 Å². The second-order valence-corrected chi connectivity index (χ2v) is 5.98. The van der Waals surface area contributed by atoms with Crippen molar-refractivity contribution in [3.8, 4) is 0 Å². The van der Waals surface area contributed by atoms with Gasteiger partial charge in [-0.05, 0) is 24.1 Å². The Bertz CT molecular complexity index is 592. The second kappa shape index (κ2) is 9.92. The van der Waals surface area contributed by atoms with Gasteiger partial charge in [-0.15, -0.1) is 0 Å². The Kier molecular flexibility index (Phi) is 8.25. The molecule has 1 aromatic carbocycles. The van der Waals surface area contributed by atoms with Crippen LogP contribution in [-0.2, 0) is 25.5 Å². The van der Waals surface area contributed by atoms with Gasteiger partial charge >= 0.3 is 18.0 Å². The standard InChI is InChI=1S/C16H20BrNO6/c1-3-14(19)23-10(2)24-16(22)18-9-12(15(20)21)7-11-5-4-6-13(17)8-11/h4-6,8,10,12H,3,7,9H2,1-2H3,(H,18,22)(H,20,21)/t10-,12+/m1/s1. The number of ether oxygens (including phenoxy) is 2. The molecular weight excluding hydrogens is 382 g/mol. The smallest absolute Gasteiger partial charge is 0.410 e. The third kappa shape index (κ3) is 7.45. The molecule has 0 unspecified atom stereocenters. The van der Waals surface area contributed by atoms with Gasteiger partial charge in [-0.25, -0.2) is 4.79 Å². The lowest BCUT2D eigenvalue weighted by Crippen LogP contribution is -2.36. The minimum absolute atomic E-state index is 0.102. The zero-order chi connectivity index (χ0) is 18.1. The van der Waals surface area contributed by atoms with Gasteiger partial charge in [-0.2, -0.15) is 0 Å². The Labute approximate surface area is 148 Å². The highest BCUT2D eigenvalue weighted by Gasteiger charge is 2.20. The molecule has 7 nitrogen and oxygen atoms in total. The molecule has 0 radical (unpaired) electrons. The molecule has 2 atom stereocenters. The third-order valence-electron chi connectivity index (χ3n) is 3.07. The van der Waals surface area contributed by atoms with Gasteiger partial charge in [-0.1, -0.05) is 35.0 Å². The Balaban J connectivity index is 2.50. The maximum Gasteiger partial charge on any atom is 0.410 e.